The van der Waals surface area contributed by atoms with Crippen LogP contribution in [0.1, 0.15) is 12.5 Å². The molecule has 0 heterocycles. The second-order valence-electron chi connectivity index (χ2n) is 3.80. The number of hydrogen-bond donors (Lipinski definition) is 1. The lowest BCUT2D eigenvalue weighted by Crippen LogP contribution is -2.45. The van der Waals surface area contributed by atoms with Crippen molar-refractivity contribution in [3.05, 3.63) is 35.9 Å². The summed E-state index contributed by atoms with van der Waals surface area (Å²) in [5.41, 5.74) is -0.118. The first-order valence-electron chi connectivity index (χ1n) is 4.81. The Labute approximate surface area is 97.6 Å². The zero-order chi connectivity index (χ0) is 12.2. The Bertz CT molecular complexity index is 326. The lowest BCUT2D eigenvalue weighted by atomic mass is 9.94. The highest BCUT2D eigenvalue weighted by Crippen LogP contribution is 2.24. The zero-order valence-electron chi connectivity index (χ0n) is 8.81. The molecule has 1 aromatic carbocycles. The zero-order valence-corrected chi connectivity index (χ0v) is 9.57. The van der Waals surface area contributed by atoms with E-state index < -0.39 is 18.3 Å². The summed E-state index contributed by atoms with van der Waals surface area (Å²) in [5, 5.41) is 2.45. The summed E-state index contributed by atoms with van der Waals surface area (Å²) in [5.74, 6) is 0.0765. The molecule has 0 bridgehead atoms. The molecule has 1 atom stereocenters. The van der Waals surface area contributed by atoms with Gasteiger partial charge < -0.3 is 0 Å². The van der Waals surface area contributed by atoms with Crippen molar-refractivity contribution < 1.29 is 13.2 Å². The van der Waals surface area contributed by atoms with Gasteiger partial charge in [-0.3, -0.25) is 5.32 Å². The van der Waals surface area contributed by atoms with Crippen LogP contribution < -0.4 is 5.32 Å². The van der Waals surface area contributed by atoms with Gasteiger partial charge >= 0.3 is 6.18 Å². The van der Waals surface area contributed by atoms with E-state index in [-0.39, 0.29) is 5.88 Å². The number of alkyl halides is 4. The van der Waals surface area contributed by atoms with Crippen LogP contribution in [0.3, 0.4) is 0 Å². The van der Waals surface area contributed by atoms with Gasteiger partial charge in [0.15, 0.2) is 0 Å². The Morgan fingerprint density at radius 3 is 2.19 bits per heavy atom. The van der Waals surface area contributed by atoms with E-state index in [2.05, 4.69) is 5.32 Å². The van der Waals surface area contributed by atoms with E-state index >= 15 is 0 Å². The molecule has 0 spiro atoms. The van der Waals surface area contributed by atoms with Crippen LogP contribution in [0.5, 0.6) is 0 Å². The first-order chi connectivity index (χ1) is 7.37. The Hall–Kier alpha value is -0.740. The van der Waals surface area contributed by atoms with E-state index in [0.717, 1.165) is 5.56 Å². The molecule has 0 aliphatic heterocycles. The van der Waals surface area contributed by atoms with Gasteiger partial charge in [-0.2, -0.15) is 13.2 Å². The fourth-order valence-corrected chi connectivity index (χ4v) is 1.58. The van der Waals surface area contributed by atoms with Gasteiger partial charge in [-0.1, -0.05) is 30.3 Å². The summed E-state index contributed by atoms with van der Waals surface area (Å²) < 4.78 is 36.4. The molecule has 1 unspecified atom stereocenters. The number of rotatable bonds is 4. The average Bonchev–Trinajstić information content (AvgIpc) is 2.26. The van der Waals surface area contributed by atoms with E-state index in [9.17, 15) is 13.2 Å². The minimum atomic E-state index is -4.23. The molecular weight excluding hydrogens is 239 g/mol. The van der Waals surface area contributed by atoms with E-state index in [1.165, 1.54) is 0 Å². The Kier molecular flexibility index (Phi) is 4.21. The van der Waals surface area contributed by atoms with E-state index in [0.29, 0.717) is 0 Å². The molecule has 0 saturated heterocycles. The minimum absolute atomic E-state index is 0.0765. The first-order valence-corrected chi connectivity index (χ1v) is 5.34. The number of halogens is 4. The van der Waals surface area contributed by atoms with Crippen molar-refractivity contribution in [1.29, 1.82) is 0 Å². The molecular formula is C11H13ClF3N. The van der Waals surface area contributed by atoms with Crippen LogP contribution >= 0.6 is 11.6 Å². The quantitative estimate of drug-likeness (QED) is 0.810. The Morgan fingerprint density at radius 1 is 1.19 bits per heavy atom. The predicted molar refractivity (Wildman–Crippen MR) is 58.6 cm³/mol. The lowest BCUT2D eigenvalue weighted by molar-refractivity contribution is -0.128. The van der Waals surface area contributed by atoms with Gasteiger partial charge in [0, 0.05) is 5.88 Å². The summed E-state index contributed by atoms with van der Waals surface area (Å²) >= 11 is 5.74. The summed E-state index contributed by atoms with van der Waals surface area (Å²) in [6.45, 7) is 0.603. The highest BCUT2D eigenvalue weighted by Gasteiger charge is 2.33. The third kappa shape index (κ3) is 3.68. The molecule has 0 radical (unpaired) electrons. The van der Waals surface area contributed by atoms with Crippen LogP contribution in [0.4, 0.5) is 13.2 Å². The van der Waals surface area contributed by atoms with Gasteiger partial charge in [-0.05, 0) is 12.5 Å². The average molecular weight is 252 g/mol. The maximum Gasteiger partial charge on any atom is 0.401 e. The van der Waals surface area contributed by atoms with Gasteiger partial charge in [0.05, 0.1) is 12.1 Å². The highest BCUT2D eigenvalue weighted by atomic mass is 35.5. The van der Waals surface area contributed by atoms with Crippen LogP contribution in [-0.2, 0) is 5.54 Å². The van der Waals surface area contributed by atoms with Gasteiger partial charge in [0.25, 0.3) is 0 Å². The summed E-state index contributed by atoms with van der Waals surface area (Å²) in [7, 11) is 0. The molecule has 1 N–H and O–H groups in total. The molecule has 5 heteroatoms. The van der Waals surface area contributed by atoms with Crippen molar-refractivity contribution in [3.63, 3.8) is 0 Å². The maximum atomic E-state index is 12.1. The molecule has 0 fully saturated rings. The van der Waals surface area contributed by atoms with Crippen LogP contribution in [0.15, 0.2) is 30.3 Å². The summed E-state index contributed by atoms with van der Waals surface area (Å²) in [6.07, 6.45) is -4.23. The molecule has 0 saturated carbocycles. The van der Waals surface area contributed by atoms with Crippen LogP contribution in [0.25, 0.3) is 0 Å². The molecule has 16 heavy (non-hydrogen) atoms. The lowest BCUT2D eigenvalue weighted by Gasteiger charge is -2.29. The fourth-order valence-electron chi connectivity index (χ4n) is 1.33. The largest absolute Gasteiger partial charge is 0.401 e. The van der Waals surface area contributed by atoms with Crippen molar-refractivity contribution in [1.82, 2.24) is 5.32 Å². The second-order valence-corrected chi connectivity index (χ2v) is 4.07. The van der Waals surface area contributed by atoms with Crippen molar-refractivity contribution in [2.24, 2.45) is 0 Å². The monoisotopic (exact) mass is 251 g/mol. The third-order valence-corrected chi connectivity index (χ3v) is 2.89. The van der Waals surface area contributed by atoms with Crippen molar-refractivity contribution >= 4 is 11.6 Å². The van der Waals surface area contributed by atoms with Gasteiger partial charge in [0.1, 0.15) is 0 Å². The molecule has 1 aromatic rings. The SMILES string of the molecule is CC(CCl)(NCC(F)(F)F)c1ccccc1. The molecule has 1 rings (SSSR count). The molecule has 1 nitrogen and oxygen atoms in total. The molecule has 90 valence electrons. The topological polar surface area (TPSA) is 12.0 Å². The summed E-state index contributed by atoms with van der Waals surface area (Å²) in [6, 6.07) is 8.87. The van der Waals surface area contributed by atoms with Crippen molar-refractivity contribution in [3.8, 4) is 0 Å². The van der Waals surface area contributed by atoms with Gasteiger partial charge in [-0.15, -0.1) is 11.6 Å². The Balaban J connectivity index is 2.79. The number of hydrogen-bond acceptors (Lipinski definition) is 1. The van der Waals surface area contributed by atoms with Crippen molar-refractivity contribution in [2.45, 2.75) is 18.6 Å². The van der Waals surface area contributed by atoms with E-state index in [1.54, 1.807) is 31.2 Å². The predicted octanol–water partition coefficient (Wildman–Crippen LogP) is 3.29. The van der Waals surface area contributed by atoms with Crippen molar-refractivity contribution in [2.75, 3.05) is 12.4 Å². The van der Waals surface area contributed by atoms with Crippen LogP contribution in [0.2, 0.25) is 0 Å². The normalized spacial score (nSPS) is 15.8. The van der Waals surface area contributed by atoms with Crippen LogP contribution in [-0.4, -0.2) is 18.6 Å². The molecule has 0 aromatic heterocycles. The number of nitrogens with one attached hydrogen (secondary N) is 1. The maximum absolute atomic E-state index is 12.1. The first kappa shape index (κ1) is 13.3. The molecule has 0 amide bonds. The van der Waals surface area contributed by atoms with Gasteiger partial charge in [0.2, 0.25) is 0 Å². The van der Waals surface area contributed by atoms with Gasteiger partial charge in [-0.25, -0.2) is 0 Å². The van der Waals surface area contributed by atoms with E-state index in [4.69, 9.17) is 11.6 Å². The summed E-state index contributed by atoms with van der Waals surface area (Å²) in [4.78, 5) is 0. The van der Waals surface area contributed by atoms with Crippen LogP contribution in [0, 0.1) is 0 Å². The van der Waals surface area contributed by atoms with E-state index in [1.807, 2.05) is 6.07 Å². The number of benzene rings is 1. The molecule has 0 aliphatic carbocycles. The fraction of sp³-hybridized carbons (Fsp3) is 0.455. The standard InChI is InChI=1S/C11H13ClF3N/c1-10(7-12,16-8-11(13,14)15)9-5-3-2-4-6-9/h2-6,16H,7-8H2,1H3. The Morgan fingerprint density at radius 2 is 1.75 bits per heavy atom. The minimum Gasteiger partial charge on any atom is -0.298 e. The smallest absolute Gasteiger partial charge is 0.298 e. The third-order valence-electron chi connectivity index (χ3n) is 2.36. The second kappa shape index (κ2) is 5.06. The highest BCUT2D eigenvalue weighted by molar-refractivity contribution is 6.18. The molecule has 0 aliphatic rings.